The molecule has 2 heterocycles. The van der Waals surface area contributed by atoms with E-state index in [0.717, 1.165) is 36.9 Å². The maximum atomic E-state index is 6.43. The number of nitrogens with one attached hydrogen (secondary N) is 1. The molecule has 1 fully saturated rings. The molecule has 21 heavy (non-hydrogen) atoms. The third-order valence-corrected chi connectivity index (χ3v) is 5.47. The van der Waals surface area contributed by atoms with Crippen LogP contribution in [0.1, 0.15) is 51.3 Å². The molecule has 1 aromatic heterocycles. The maximum absolute atomic E-state index is 6.43. The zero-order valence-corrected chi connectivity index (χ0v) is 14.8. The predicted molar refractivity (Wildman–Crippen MR) is 88.8 cm³/mol. The van der Waals surface area contributed by atoms with Gasteiger partial charge in [-0.15, -0.1) is 0 Å². The molecule has 2 rings (SSSR count). The number of hydrogen-bond acceptors (Lipinski definition) is 3. The summed E-state index contributed by atoms with van der Waals surface area (Å²) in [4.78, 5) is 2.60. The van der Waals surface area contributed by atoms with E-state index in [1.54, 1.807) is 4.68 Å². The van der Waals surface area contributed by atoms with Crippen LogP contribution in [0.4, 0.5) is 0 Å². The summed E-state index contributed by atoms with van der Waals surface area (Å²) in [6.45, 7) is 11.9. The van der Waals surface area contributed by atoms with Gasteiger partial charge in [-0.1, -0.05) is 31.9 Å². The van der Waals surface area contributed by atoms with Crippen LogP contribution >= 0.6 is 11.6 Å². The van der Waals surface area contributed by atoms with Crippen molar-refractivity contribution in [1.29, 1.82) is 0 Å². The molecule has 1 aliphatic rings. The van der Waals surface area contributed by atoms with Crippen LogP contribution in [0.25, 0.3) is 0 Å². The topological polar surface area (TPSA) is 33.1 Å². The molecular weight excluding hydrogens is 284 g/mol. The van der Waals surface area contributed by atoms with Gasteiger partial charge in [-0.2, -0.15) is 5.10 Å². The minimum Gasteiger partial charge on any atom is -0.311 e. The van der Waals surface area contributed by atoms with Gasteiger partial charge in [-0.25, -0.2) is 0 Å². The van der Waals surface area contributed by atoms with E-state index in [2.05, 4.69) is 43.0 Å². The van der Waals surface area contributed by atoms with E-state index in [1.807, 2.05) is 7.05 Å². The van der Waals surface area contributed by atoms with Gasteiger partial charge in [0, 0.05) is 43.8 Å². The minimum atomic E-state index is 0.190. The molecule has 4 nitrogen and oxygen atoms in total. The van der Waals surface area contributed by atoms with Gasteiger partial charge < -0.3 is 5.32 Å². The van der Waals surface area contributed by atoms with Crippen LogP contribution in [-0.2, 0) is 13.6 Å². The fourth-order valence-corrected chi connectivity index (χ4v) is 3.45. The van der Waals surface area contributed by atoms with Crippen LogP contribution in [0.15, 0.2) is 0 Å². The van der Waals surface area contributed by atoms with Gasteiger partial charge in [-0.05, 0) is 26.7 Å². The lowest BCUT2D eigenvalue weighted by Crippen LogP contribution is -2.62. The highest BCUT2D eigenvalue weighted by atomic mass is 35.5. The van der Waals surface area contributed by atoms with Gasteiger partial charge >= 0.3 is 0 Å². The molecule has 1 aromatic rings. The Bertz CT molecular complexity index is 485. The first-order valence-corrected chi connectivity index (χ1v) is 8.45. The lowest BCUT2D eigenvalue weighted by atomic mass is 9.90. The fourth-order valence-electron chi connectivity index (χ4n) is 3.22. The molecule has 0 aromatic carbocycles. The van der Waals surface area contributed by atoms with Gasteiger partial charge in [0.15, 0.2) is 0 Å². The summed E-state index contributed by atoms with van der Waals surface area (Å²) in [5.74, 6) is 0. The number of aryl methyl sites for hydroxylation is 2. The summed E-state index contributed by atoms with van der Waals surface area (Å²) < 4.78 is 1.78. The Morgan fingerprint density at radius 3 is 2.67 bits per heavy atom. The quantitative estimate of drug-likeness (QED) is 0.907. The molecule has 0 spiro atoms. The van der Waals surface area contributed by atoms with E-state index in [4.69, 9.17) is 11.6 Å². The summed E-state index contributed by atoms with van der Waals surface area (Å²) in [6.07, 6.45) is 3.59. The predicted octanol–water partition coefficient (Wildman–Crippen LogP) is 3.12. The van der Waals surface area contributed by atoms with Gasteiger partial charge in [0.25, 0.3) is 0 Å². The van der Waals surface area contributed by atoms with E-state index in [0.29, 0.717) is 6.04 Å². The molecule has 5 heteroatoms. The van der Waals surface area contributed by atoms with Crippen LogP contribution in [-0.4, -0.2) is 39.4 Å². The molecule has 0 radical (unpaired) electrons. The summed E-state index contributed by atoms with van der Waals surface area (Å²) in [6, 6.07) is 0.588. The number of aromatic nitrogens is 2. The Hall–Kier alpha value is -0.580. The number of nitrogens with zero attached hydrogens (tertiary/aromatic N) is 3. The van der Waals surface area contributed by atoms with E-state index in [9.17, 15) is 0 Å². The van der Waals surface area contributed by atoms with Crippen molar-refractivity contribution in [3.05, 3.63) is 16.4 Å². The zero-order chi connectivity index (χ0) is 15.6. The Morgan fingerprint density at radius 1 is 1.43 bits per heavy atom. The molecule has 0 bridgehead atoms. The molecular formula is C16H29ClN4. The average Bonchev–Trinajstić information content (AvgIpc) is 2.69. The third-order valence-electron chi connectivity index (χ3n) is 4.99. The average molecular weight is 313 g/mol. The second-order valence-electron chi connectivity index (χ2n) is 6.58. The van der Waals surface area contributed by atoms with Gasteiger partial charge in [0.2, 0.25) is 0 Å². The summed E-state index contributed by atoms with van der Waals surface area (Å²) in [5, 5.41) is 8.94. The minimum absolute atomic E-state index is 0.190. The number of halogens is 1. The number of piperazine rings is 1. The largest absolute Gasteiger partial charge is 0.311 e. The lowest BCUT2D eigenvalue weighted by Gasteiger charge is -2.48. The third kappa shape index (κ3) is 3.43. The molecule has 1 aliphatic heterocycles. The Balaban J connectivity index is 2.20. The molecule has 0 saturated carbocycles. The standard InChI is InChI=1S/C16H29ClN4/c1-6-8-13-9-21(16(4,7-2)11-18-13)10-14-12(3)19-20(5)15(14)17/h13,18H,6-11H2,1-5H3. The highest BCUT2D eigenvalue weighted by Gasteiger charge is 2.36. The molecule has 2 unspecified atom stereocenters. The molecule has 2 atom stereocenters. The highest BCUT2D eigenvalue weighted by molar-refractivity contribution is 6.30. The summed E-state index contributed by atoms with van der Waals surface area (Å²) in [5.41, 5.74) is 2.41. The molecule has 0 amide bonds. The normalized spacial score (nSPS) is 27.2. The van der Waals surface area contributed by atoms with Crippen molar-refractivity contribution in [1.82, 2.24) is 20.0 Å². The first-order chi connectivity index (χ1) is 9.91. The van der Waals surface area contributed by atoms with Crippen LogP contribution in [0.5, 0.6) is 0 Å². The zero-order valence-electron chi connectivity index (χ0n) is 14.0. The SMILES string of the molecule is CCCC1CN(Cc2c(C)nn(C)c2Cl)C(C)(CC)CN1. The maximum Gasteiger partial charge on any atom is 0.131 e. The molecule has 1 saturated heterocycles. The fraction of sp³-hybridized carbons (Fsp3) is 0.812. The van der Waals surface area contributed by atoms with Crippen LogP contribution in [0.3, 0.4) is 0 Å². The van der Waals surface area contributed by atoms with Gasteiger partial charge in [-0.3, -0.25) is 9.58 Å². The Morgan fingerprint density at radius 2 is 2.14 bits per heavy atom. The summed E-state index contributed by atoms with van der Waals surface area (Å²) in [7, 11) is 1.91. The van der Waals surface area contributed by atoms with Crippen molar-refractivity contribution in [2.24, 2.45) is 7.05 Å². The second-order valence-corrected chi connectivity index (χ2v) is 6.93. The van der Waals surface area contributed by atoms with E-state index >= 15 is 0 Å². The van der Waals surface area contributed by atoms with Crippen molar-refractivity contribution in [3.8, 4) is 0 Å². The van der Waals surface area contributed by atoms with Gasteiger partial charge in [0.05, 0.1) is 5.69 Å². The molecule has 1 N–H and O–H groups in total. The van der Waals surface area contributed by atoms with Crippen LogP contribution in [0, 0.1) is 6.92 Å². The van der Waals surface area contributed by atoms with Crippen LogP contribution < -0.4 is 5.32 Å². The van der Waals surface area contributed by atoms with Crippen LogP contribution in [0.2, 0.25) is 5.15 Å². The summed E-state index contributed by atoms with van der Waals surface area (Å²) >= 11 is 6.43. The Kier molecular flexibility index (Phi) is 5.33. The molecule has 0 aliphatic carbocycles. The van der Waals surface area contributed by atoms with Crippen molar-refractivity contribution in [2.45, 2.75) is 65.1 Å². The monoisotopic (exact) mass is 312 g/mol. The first kappa shape index (κ1) is 16.8. The van der Waals surface area contributed by atoms with E-state index in [-0.39, 0.29) is 5.54 Å². The number of hydrogen-bond donors (Lipinski definition) is 1. The van der Waals surface area contributed by atoms with E-state index in [1.165, 1.54) is 18.4 Å². The molecule has 120 valence electrons. The Labute approximate surface area is 133 Å². The first-order valence-electron chi connectivity index (χ1n) is 8.07. The van der Waals surface area contributed by atoms with Crippen molar-refractivity contribution >= 4 is 11.6 Å². The highest BCUT2D eigenvalue weighted by Crippen LogP contribution is 2.29. The van der Waals surface area contributed by atoms with Crippen molar-refractivity contribution in [2.75, 3.05) is 13.1 Å². The van der Waals surface area contributed by atoms with Gasteiger partial charge in [0.1, 0.15) is 5.15 Å². The van der Waals surface area contributed by atoms with Crippen molar-refractivity contribution in [3.63, 3.8) is 0 Å². The lowest BCUT2D eigenvalue weighted by molar-refractivity contribution is 0.0395. The van der Waals surface area contributed by atoms with E-state index < -0.39 is 0 Å². The number of rotatable bonds is 5. The second kappa shape index (κ2) is 6.67. The van der Waals surface area contributed by atoms with Crippen molar-refractivity contribution < 1.29 is 0 Å². The smallest absolute Gasteiger partial charge is 0.131 e.